The van der Waals surface area contributed by atoms with E-state index in [9.17, 15) is 8.42 Å². The van der Waals surface area contributed by atoms with Crippen molar-refractivity contribution >= 4 is 21.7 Å². The van der Waals surface area contributed by atoms with Gasteiger partial charge in [0.25, 0.3) is 0 Å². The molecule has 0 fully saturated rings. The molecule has 0 aliphatic rings. The maximum atomic E-state index is 11.0. The van der Waals surface area contributed by atoms with Crippen LogP contribution < -0.4 is 10.5 Å². The number of anilines is 2. The highest BCUT2D eigenvalue weighted by Crippen LogP contribution is 2.15. The van der Waals surface area contributed by atoms with Gasteiger partial charge in [0, 0.05) is 18.1 Å². The van der Waals surface area contributed by atoms with E-state index in [1.165, 1.54) is 12.1 Å². The van der Waals surface area contributed by atoms with Gasteiger partial charge < -0.3 is 5.32 Å². The minimum absolute atomic E-state index is 0.0667. The highest BCUT2D eigenvalue weighted by Gasteiger charge is 2.06. The summed E-state index contributed by atoms with van der Waals surface area (Å²) in [5.41, 5.74) is 0.684. The Kier molecular flexibility index (Phi) is 3.03. The van der Waals surface area contributed by atoms with E-state index in [1.807, 2.05) is 0 Å². The molecule has 0 spiro atoms. The van der Waals surface area contributed by atoms with Crippen molar-refractivity contribution in [2.75, 3.05) is 5.32 Å². The lowest BCUT2D eigenvalue weighted by atomic mass is 10.3. The lowest BCUT2D eigenvalue weighted by molar-refractivity contribution is 0.598. The summed E-state index contributed by atoms with van der Waals surface area (Å²) in [5.74, 6) is 0.441. The second kappa shape index (κ2) is 4.48. The van der Waals surface area contributed by atoms with Gasteiger partial charge in [-0.2, -0.15) is 0 Å². The highest BCUT2D eigenvalue weighted by molar-refractivity contribution is 7.89. The highest BCUT2D eigenvalue weighted by atomic mass is 32.2. The predicted octanol–water partition coefficient (Wildman–Crippen LogP) is 0.868. The van der Waals surface area contributed by atoms with E-state index in [2.05, 4.69) is 15.3 Å². The summed E-state index contributed by atoms with van der Waals surface area (Å²) in [6.07, 6.45) is 3.21. The van der Waals surface area contributed by atoms with E-state index in [-0.39, 0.29) is 4.90 Å². The summed E-state index contributed by atoms with van der Waals surface area (Å²) in [5, 5.41) is 7.91. The van der Waals surface area contributed by atoms with Crippen LogP contribution in [0.3, 0.4) is 0 Å². The Morgan fingerprint density at radius 3 is 2.18 bits per heavy atom. The van der Waals surface area contributed by atoms with Crippen LogP contribution in [0.4, 0.5) is 11.6 Å². The molecule has 2 aromatic rings. The Bertz CT molecular complexity index is 596. The molecule has 0 radical (unpaired) electrons. The van der Waals surface area contributed by atoms with Crippen LogP contribution in [-0.2, 0) is 10.0 Å². The van der Waals surface area contributed by atoms with E-state index in [0.717, 1.165) is 0 Å². The number of benzene rings is 1. The van der Waals surface area contributed by atoms with Gasteiger partial charge in [-0.15, -0.1) is 0 Å². The first-order valence-electron chi connectivity index (χ1n) is 4.72. The average Bonchev–Trinajstić information content (AvgIpc) is 2.30. The van der Waals surface area contributed by atoms with Crippen LogP contribution in [-0.4, -0.2) is 18.4 Å². The maximum Gasteiger partial charge on any atom is 0.238 e. The number of hydrogen-bond donors (Lipinski definition) is 2. The van der Waals surface area contributed by atoms with Crippen molar-refractivity contribution in [3.63, 3.8) is 0 Å². The van der Waals surface area contributed by atoms with E-state index in [1.54, 1.807) is 30.6 Å². The van der Waals surface area contributed by atoms with Gasteiger partial charge in [-0.1, -0.05) is 0 Å². The number of nitrogens with one attached hydrogen (secondary N) is 1. The standard InChI is InChI=1S/C10H10N4O2S/c11-17(15,16)9-4-2-8(3-5-9)14-10-12-6-1-7-13-10/h1-7H,(H2,11,15,16)(H,12,13,14). The molecule has 0 atom stereocenters. The van der Waals surface area contributed by atoms with Crippen LogP contribution in [0.5, 0.6) is 0 Å². The molecule has 1 aromatic heterocycles. The molecule has 0 aliphatic heterocycles. The number of nitrogens with two attached hydrogens (primary N) is 1. The largest absolute Gasteiger partial charge is 0.324 e. The Morgan fingerprint density at radius 1 is 1.06 bits per heavy atom. The molecule has 1 heterocycles. The van der Waals surface area contributed by atoms with Gasteiger partial charge in [0.2, 0.25) is 16.0 Å². The van der Waals surface area contributed by atoms with E-state index < -0.39 is 10.0 Å². The molecule has 3 N–H and O–H groups in total. The van der Waals surface area contributed by atoms with Crippen molar-refractivity contribution < 1.29 is 8.42 Å². The molecule has 1 aromatic carbocycles. The third kappa shape index (κ3) is 2.99. The third-order valence-corrected chi connectivity index (χ3v) is 2.93. The quantitative estimate of drug-likeness (QED) is 0.842. The molecule has 7 heteroatoms. The van der Waals surface area contributed by atoms with E-state index in [4.69, 9.17) is 5.14 Å². The van der Waals surface area contributed by atoms with Gasteiger partial charge in [-0.3, -0.25) is 0 Å². The second-order valence-corrected chi connectivity index (χ2v) is 4.83. The minimum atomic E-state index is -3.65. The molecule has 17 heavy (non-hydrogen) atoms. The minimum Gasteiger partial charge on any atom is -0.324 e. The Morgan fingerprint density at radius 2 is 1.65 bits per heavy atom. The molecule has 0 saturated heterocycles. The fourth-order valence-corrected chi connectivity index (χ4v) is 1.74. The summed E-state index contributed by atoms with van der Waals surface area (Å²) in [6, 6.07) is 7.72. The monoisotopic (exact) mass is 250 g/mol. The fraction of sp³-hybridized carbons (Fsp3) is 0. The Hall–Kier alpha value is -1.99. The van der Waals surface area contributed by atoms with Gasteiger partial charge in [0.05, 0.1) is 4.90 Å². The van der Waals surface area contributed by atoms with Crippen molar-refractivity contribution in [3.05, 3.63) is 42.7 Å². The summed E-state index contributed by atoms with van der Waals surface area (Å²) in [4.78, 5) is 8.03. The molecule has 88 valence electrons. The van der Waals surface area contributed by atoms with E-state index >= 15 is 0 Å². The zero-order valence-electron chi connectivity index (χ0n) is 8.74. The van der Waals surface area contributed by atoms with Crippen LogP contribution in [0.2, 0.25) is 0 Å². The molecular weight excluding hydrogens is 240 g/mol. The zero-order valence-corrected chi connectivity index (χ0v) is 9.55. The second-order valence-electron chi connectivity index (χ2n) is 3.27. The number of aromatic nitrogens is 2. The van der Waals surface area contributed by atoms with Crippen LogP contribution in [0.25, 0.3) is 0 Å². The number of nitrogens with zero attached hydrogens (tertiary/aromatic N) is 2. The van der Waals surface area contributed by atoms with Crippen LogP contribution >= 0.6 is 0 Å². The number of rotatable bonds is 3. The molecule has 2 rings (SSSR count). The normalized spacial score (nSPS) is 11.1. The van der Waals surface area contributed by atoms with Crippen molar-refractivity contribution in [1.82, 2.24) is 9.97 Å². The summed E-state index contributed by atoms with van der Waals surface area (Å²) in [7, 11) is -3.65. The first kappa shape index (κ1) is 11.5. The van der Waals surface area contributed by atoms with Crippen molar-refractivity contribution in [2.45, 2.75) is 4.90 Å². The SMILES string of the molecule is NS(=O)(=O)c1ccc(Nc2ncccn2)cc1. The first-order valence-corrected chi connectivity index (χ1v) is 6.27. The van der Waals surface area contributed by atoms with Gasteiger partial charge in [0.1, 0.15) is 0 Å². The number of primary sulfonamides is 1. The van der Waals surface area contributed by atoms with Crippen LogP contribution in [0, 0.1) is 0 Å². The molecule has 0 amide bonds. The molecule has 0 unspecified atom stereocenters. The zero-order chi connectivity index (χ0) is 12.3. The number of sulfonamides is 1. The third-order valence-electron chi connectivity index (χ3n) is 2.00. The first-order chi connectivity index (χ1) is 8.05. The van der Waals surface area contributed by atoms with Gasteiger partial charge in [0.15, 0.2) is 0 Å². The topological polar surface area (TPSA) is 98.0 Å². The van der Waals surface area contributed by atoms with Crippen LogP contribution in [0.15, 0.2) is 47.6 Å². The van der Waals surface area contributed by atoms with Crippen molar-refractivity contribution in [3.8, 4) is 0 Å². The lowest BCUT2D eigenvalue weighted by Gasteiger charge is -2.04. The van der Waals surface area contributed by atoms with Crippen molar-refractivity contribution in [2.24, 2.45) is 5.14 Å². The van der Waals surface area contributed by atoms with Gasteiger partial charge >= 0.3 is 0 Å². The molecule has 0 saturated carbocycles. The predicted molar refractivity (Wildman–Crippen MR) is 63.1 cm³/mol. The fourth-order valence-electron chi connectivity index (χ4n) is 1.22. The summed E-state index contributed by atoms with van der Waals surface area (Å²) >= 11 is 0. The number of hydrogen-bond acceptors (Lipinski definition) is 5. The van der Waals surface area contributed by atoms with E-state index in [0.29, 0.717) is 11.6 Å². The Labute approximate surface area is 98.6 Å². The molecule has 0 bridgehead atoms. The molecule has 6 nitrogen and oxygen atoms in total. The summed E-state index contributed by atoms with van der Waals surface area (Å²) in [6.45, 7) is 0. The van der Waals surface area contributed by atoms with Gasteiger partial charge in [-0.25, -0.2) is 23.5 Å². The lowest BCUT2D eigenvalue weighted by Crippen LogP contribution is -2.11. The van der Waals surface area contributed by atoms with Crippen LogP contribution in [0.1, 0.15) is 0 Å². The van der Waals surface area contributed by atoms with Gasteiger partial charge in [-0.05, 0) is 30.3 Å². The molecule has 0 aliphatic carbocycles. The average molecular weight is 250 g/mol. The van der Waals surface area contributed by atoms with Crippen molar-refractivity contribution in [1.29, 1.82) is 0 Å². The summed E-state index contributed by atoms with van der Waals surface area (Å²) < 4.78 is 22.1. The maximum absolute atomic E-state index is 11.0. The molecular formula is C10H10N4O2S. The Balaban J connectivity index is 2.20. The smallest absolute Gasteiger partial charge is 0.238 e.